The number of hydrogen-bond donors (Lipinski definition) is 3. The maximum Gasteiger partial charge on any atom is 0.257 e. The molecule has 0 aromatic heterocycles. The van der Waals surface area contributed by atoms with E-state index in [1.165, 1.54) is 6.07 Å². The highest BCUT2D eigenvalue weighted by molar-refractivity contribution is 7.80. The fourth-order valence-corrected chi connectivity index (χ4v) is 3.49. The molecule has 136 valence electrons. The smallest absolute Gasteiger partial charge is 0.257 e. The van der Waals surface area contributed by atoms with Crippen molar-refractivity contribution in [3.63, 3.8) is 0 Å². The number of carbonyl (C=O) groups is 1. The molecule has 3 rings (SSSR count). The Morgan fingerprint density at radius 1 is 1.23 bits per heavy atom. The number of amides is 1. The fourth-order valence-electron chi connectivity index (χ4n) is 3.21. The van der Waals surface area contributed by atoms with Gasteiger partial charge in [-0.1, -0.05) is 36.4 Å². The molecule has 1 saturated heterocycles. The first-order valence-electron chi connectivity index (χ1n) is 8.23. The van der Waals surface area contributed by atoms with Crippen molar-refractivity contribution >= 4 is 23.2 Å². The molecule has 1 fully saturated rings. The van der Waals surface area contributed by atoms with Crippen molar-refractivity contribution in [1.82, 2.24) is 10.6 Å². The Labute approximate surface area is 156 Å². The van der Waals surface area contributed by atoms with Crippen LogP contribution in [0.2, 0.25) is 0 Å². The Hall–Kier alpha value is -2.35. The van der Waals surface area contributed by atoms with Crippen molar-refractivity contribution in [3.8, 4) is 0 Å². The first kappa shape index (κ1) is 18.4. The zero-order valence-corrected chi connectivity index (χ0v) is 14.8. The normalized spacial score (nSPS) is 22.0. The number of nitrogens with one attached hydrogen (secondary N) is 2. The van der Waals surface area contributed by atoms with Crippen molar-refractivity contribution in [2.24, 2.45) is 0 Å². The molecule has 0 unspecified atom stereocenters. The second-order valence-electron chi connectivity index (χ2n) is 6.02. The van der Waals surface area contributed by atoms with E-state index in [4.69, 9.17) is 17.0 Å². The number of rotatable bonds is 4. The maximum absolute atomic E-state index is 14.5. The monoisotopic (exact) mass is 374 g/mol. The van der Waals surface area contributed by atoms with Gasteiger partial charge in [0.1, 0.15) is 11.9 Å². The summed E-state index contributed by atoms with van der Waals surface area (Å²) in [7, 11) is 0. The van der Waals surface area contributed by atoms with E-state index in [9.17, 15) is 14.3 Å². The zero-order valence-electron chi connectivity index (χ0n) is 13.9. The molecule has 1 amide bonds. The maximum atomic E-state index is 14.5. The average Bonchev–Trinajstić information content (AvgIpc) is 3.05. The number of hydrogen-bond acceptors (Lipinski definition) is 4. The van der Waals surface area contributed by atoms with E-state index in [1.54, 1.807) is 42.5 Å². The van der Waals surface area contributed by atoms with Gasteiger partial charge in [-0.05, 0) is 30.4 Å². The number of ether oxygens (including phenoxy) is 1. The first-order chi connectivity index (χ1) is 12.6. The summed E-state index contributed by atoms with van der Waals surface area (Å²) < 4.78 is 20.0. The lowest BCUT2D eigenvalue weighted by atomic mass is 9.83. The minimum atomic E-state index is -1.05. The van der Waals surface area contributed by atoms with Gasteiger partial charge in [-0.15, -0.1) is 0 Å². The van der Waals surface area contributed by atoms with Crippen LogP contribution in [0.4, 0.5) is 4.39 Å². The van der Waals surface area contributed by atoms with E-state index in [2.05, 4.69) is 10.6 Å². The SMILES string of the molecule is O=C(NC(=S)N[C@@]1(c2ccccc2F)CCO[C@H]1CO)c1ccccc1. The number of carbonyl (C=O) groups excluding carboxylic acids is 1. The van der Waals surface area contributed by atoms with E-state index in [1.807, 2.05) is 6.07 Å². The molecule has 5 nitrogen and oxygen atoms in total. The molecule has 0 radical (unpaired) electrons. The van der Waals surface area contributed by atoms with Crippen LogP contribution < -0.4 is 10.6 Å². The summed E-state index contributed by atoms with van der Waals surface area (Å²) in [4.78, 5) is 12.3. The van der Waals surface area contributed by atoms with Gasteiger partial charge in [0, 0.05) is 24.2 Å². The summed E-state index contributed by atoms with van der Waals surface area (Å²) >= 11 is 5.28. The Balaban J connectivity index is 1.84. The highest BCUT2D eigenvalue weighted by Gasteiger charge is 2.47. The lowest BCUT2D eigenvalue weighted by Gasteiger charge is -2.36. The van der Waals surface area contributed by atoms with Gasteiger partial charge in [-0.3, -0.25) is 10.1 Å². The molecule has 2 aromatic rings. The molecule has 0 spiro atoms. The Bertz CT molecular complexity index is 802. The van der Waals surface area contributed by atoms with Gasteiger partial charge in [-0.25, -0.2) is 4.39 Å². The molecule has 1 aliphatic heterocycles. The largest absolute Gasteiger partial charge is 0.394 e. The molecular formula is C19H19FN2O3S. The second-order valence-corrected chi connectivity index (χ2v) is 6.43. The molecule has 3 N–H and O–H groups in total. The van der Waals surface area contributed by atoms with E-state index in [0.717, 1.165) is 0 Å². The summed E-state index contributed by atoms with van der Waals surface area (Å²) in [5.41, 5.74) is -0.257. The highest BCUT2D eigenvalue weighted by Crippen LogP contribution is 2.37. The zero-order chi connectivity index (χ0) is 18.6. The van der Waals surface area contributed by atoms with Gasteiger partial charge in [0.25, 0.3) is 5.91 Å². The predicted molar refractivity (Wildman–Crippen MR) is 99.2 cm³/mol. The molecule has 1 heterocycles. The van der Waals surface area contributed by atoms with Crippen LogP contribution in [0.3, 0.4) is 0 Å². The Kier molecular flexibility index (Phi) is 5.61. The standard InChI is InChI=1S/C19H19FN2O3S/c20-15-9-5-4-8-14(15)19(10-11-25-16(19)12-23)22-18(26)21-17(24)13-6-2-1-3-7-13/h1-9,16,23H,10-12H2,(H2,21,22,24,26)/t16-,19+/m0/s1. The van der Waals surface area contributed by atoms with Crippen LogP contribution in [0.25, 0.3) is 0 Å². The molecule has 2 atom stereocenters. The molecule has 1 aliphatic rings. The third-order valence-corrected chi connectivity index (χ3v) is 4.69. The highest BCUT2D eigenvalue weighted by atomic mass is 32.1. The van der Waals surface area contributed by atoms with E-state index in [0.29, 0.717) is 24.2 Å². The van der Waals surface area contributed by atoms with Gasteiger partial charge in [0.2, 0.25) is 0 Å². The third-order valence-electron chi connectivity index (χ3n) is 4.49. The lowest BCUT2D eigenvalue weighted by molar-refractivity contribution is 0.0241. The topological polar surface area (TPSA) is 70.6 Å². The second kappa shape index (κ2) is 7.90. The van der Waals surface area contributed by atoms with Crippen molar-refractivity contribution in [2.45, 2.75) is 18.1 Å². The summed E-state index contributed by atoms with van der Waals surface area (Å²) in [6.07, 6.45) is -0.286. The minimum Gasteiger partial charge on any atom is -0.394 e. The van der Waals surface area contributed by atoms with Crippen molar-refractivity contribution in [3.05, 3.63) is 71.5 Å². The van der Waals surface area contributed by atoms with Crippen LogP contribution in [-0.4, -0.2) is 35.4 Å². The molecule has 0 aliphatic carbocycles. The van der Waals surface area contributed by atoms with Crippen LogP contribution in [-0.2, 0) is 10.3 Å². The number of benzene rings is 2. The molecule has 7 heteroatoms. The van der Waals surface area contributed by atoms with Gasteiger partial charge >= 0.3 is 0 Å². The van der Waals surface area contributed by atoms with E-state index < -0.39 is 17.5 Å². The Morgan fingerprint density at radius 2 is 1.92 bits per heavy atom. The van der Waals surface area contributed by atoms with Gasteiger partial charge in [0.05, 0.1) is 12.1 Å². The number of aliphatic hydroxyl groups excluding tert-OH is 1. The van der Waals surface area contributed by atoms with Gasteiger partial charge < -0.3 is 15.2 Å². The fraction of sp³-hybridized carbons (Fsp3) is 0.263. The molecular weight excluding hydrogens is 355 g/mol. The molecule has 2 aromatic carbocycles. The number of aliphatic hydroxyl groups is 1. The third kappa shape index (κ3) is 3.60. The summed E-state index contributed by atoms with van der Waals surface area (Å²) in [6, 6.07) is 14.9. The Morgan fingerprint density at radius 3 is 2.62 bits per heavy atom. The van der Waals surface area contributed by atoms with Crippen LogP contribution in [0.1, 0.15) is 22.3 Å². The molecule has 26 heavy (non-hydrogen) atoms. The van der Waals surface area contributed by atoms with Crippen molar-refractivity contribution in [1.29, 1.82) is 0 Å². The van der Waals surface area contributed by atoms with Crippen LogP contribution in [0, 0.1) is 5.82 Å². The van der Waals surface area contributed by atoms with E-state index in [-0.39, 0.29) is 17.6 Å². The molecule has 0 bridgehead atoms. The first-order valence-corrected chi connectivity index (χ1v) is 8.63. The van der Waals surface area contributed by atoms with Crippen LogP contribution in [0.15, 0.2) is 54.6 Å². The van der Waals surface area contributed by atoms with E-state index >= 15 is 0 Å². The van der Waals surface area contributed by atoms with Gasteiger partial charge in [0.15, 0.2) is 5.11 Å². The lowest BCUT2D eigenvalue weighted by Crippen LogP contribution is -2.56. The summed E-state index contributed by atoms with van der Waals surface area (Å²) in [5, 5.41) is 15.4. The summed E-state index contributed by atoms with van der Waals surface area (Å²) in [6.45, 7) is 0.0262. The molecule has 0 saturated carbocycles. The quantitative estimate of drug-likeness (QED) is 0.715. The summed E-state index contributed by atoms with van der Waals surface area (Å²) in [5.74, 6) is -0.799. The van der Waals surface area contributed by atoms with Gasteiger partial charge in [-0.2, -0.15) is 0 Å². The van der Waals surface area contributed by atoms with Crippen molar-refractivity contribution < 1.29 is 19.0 Å². The number of thiocarbonyl (C=S) groups is 1. The predicted octanol–water partition coefficient (Wildman–Crippen LogP) is 2.11. The minimum absolute atomic E-state index is 0.0473. The number of halogens is 1. The average molecular weight is 374 g/mol. The van der Waals surface area contributed by atoms with Crippen LogP contribution in [0.5, 0.6) is 0 Å². The van der Waals surface area contributed by atoms with Crippen LogP contribution >= 0.6 is 12.2 Å². The van der Waals surface area contributed by atoms with Crippen molar-refractivity contribution in [2.75, 3.05) is 13.2 Å².